The molecular weight excluding hydrogens is 463 g/mol. The van der Waals surface area contributed by atoms with Crippen molar-refractivity contribution in [1.82, 2.24) is 23.1 Å². The van der Waals surface area contributed by atoms with Gasteiger partial charge in [0.25, 0.3) is 5.92 Å². The lowest BCUT2D eigenvalue weighted by molar-refractivity contribution is -0.0941. The number of alkyl halides is 2. The second-order valence-corrected chi connectivity index (χ2v) is 10.3. The summed E-state index contributed by atoms with van der Waals surface area (Å²) < 4.78 is 30.5. The number of likely N-dealkylation sites (N-methyl/N-ethyl adjacent to an activating group) is 2. The lowest BCUT2D eigenvalue weighted by Crippen LogP contribution is -2.59. The van der Waals surface area contributed by atoms with Crippen LogP contribution in [0.4, 0.5) is 8.78 Å². The van der Waals surface area contributed by atoms with Crippen molar-refractivity contribution in [2.45, 2.75) is 49.7 Å². The molecule has 0 radical (unpaired) electrons. The number of halogens is 3. The van der Waals surface area contributed by atoms with E-state index in [1.165, 1.54) is 0 Å². The highest BCUT2D eigenvalue weighted by Gasteiger charge is 2.45. The molecule has 3 fully saturated rings. The summed E-state index contributed by atoms with van der Waals surface area (Å²) in [6, 6.07) is 0.663. The molecule has 27 heavy (non-hydrogen) atoms. The minimum Gasteiger partial charge on any atom is -0.315 e. The van der Waals surface area contributed by atoms with Crippen molar-refractivity contribution in [3.8, 4) is 0 Å². The van der Waals surface area contributed by atoms with E-state index >= 15 is 0 Å². The molecule has 4 unspecified atom stereocenters. The molecule has 0 aromatic carbocycles. The molecule has 0 aromatic rings. The highest BCUT2D eigenvalue weighted by molar-refractivity contribution is 14.1. The maximum atomic E-state index is 14.1. The first kappa shape index (κ1) is 22.1. The van der Waals surface area contributed by atoms with Crippen LogP contribution in [0.1, 0.15) is 25.7 Å². The van der Waals surface area contributed by atoms with Crippen LogP contribution in [0.25, 0.3) is 0 Å². The summed E-state index contributed by atoms with van der Waals surface area (Å²) in [5.74, 6) is -1.89. The maximum Gasteiger partial charge on any atom is 0.250 e. The van der Waals surface area contributed by atoms with E-state index in [4.69, 9.17) is 0 Å². The van der Waals surface area contributed by atoms with Gasteiger partial charge in [-0.25, -0.2) is 11.9 Å². The summed E-state index contributed by atoms with van der Waals surface area (Å²) in [5, 5.41) is 3.55. The number of hydrogen-bond donors (Lipinski definition) is 1. The predicted molar refractivity (Wildman–Crippen MR) is 115 cm³/mol. The van der Waals surface area contributed by atoms with Crippen LogP contribution < -0.4 is 5.32 Å². The van der Waals surface area contributed by atoms with Crippen LogP contribution in [0.2, 0.25) is 0 Å². The number of nitrogens with zero attached hydrogens (tertiary/aromatic N) is 4. The summed E-state index contributed by atoms with van der Waals surface area (Å²) in [5.41, 5.74) is 0. The summed E-state index contributed by atoms with van der Waals surface area (Å²) in [6.45, 7) is 6.91. The molecule has 0 amide bonds. The molecule has 4 atom stereocenters. The van der Waals surface area contributed by atoms with Gasteiger partial charge in [-0.3, -0.25) is 0 Å². The first-order chi connectivity index (χ1) is 12.7. The van der Waals surface area contributed by atoms with Gasteiger partial charge in [0, 0.05) is 93.1 Å². The van der Waals surface area contributed by atoms with Gasteiger partial charge in [0.05, 0.1) is 0 Å². The van der Waals surface area contributed by atoms with Crippen molar-refractivity contribution in [2.24, 2.45) is 5.92 Å². The third-order valence-electron chi connectivity index (χ3n) is 6.83. The molecule has 3 aliphatic rings. The fraction of sp³-hybridized carbons (Fsp3) is 1.00. The van der Waals surface area contributed by atoms with E-state index in [1.807, 2.05) is 7.05 Å². The molecule has 3 aliphatic heterocycles. The Kier molecular flexibility index (Phi) is 7.74. The number of piperidine rings is 2. The van der Waals surface area contributed by atoms with E-state index in [9.17, 15) is 8.78 Å². The fourth-order valence-electron chi connectivity index (χ4n) is 5.07. The van der Waals surface area contributed by atoms with Crippen LogP contribution in [-0.2, 0) is 0 Å². The number of rotatable bonds is 4. The molecule has 3 saturated heterocycles. The monoisotopic (exact) mass is 499 g/mol. The molecule has 3 heterocycles. The van der Waals surface area contributed by atoms with Crippen LogP contribution >= 0.6 is 22.9 Å². The molecule has 1 N–H and O–H groups in total. The molecule has 0 bridgehead atoms. The van der Waals surface area contributed by atoms with Gasteiger partial charge in [-0.05, 0) is 46.4 Å². The predicted octanol–water partition coefficient (Wildman–Crippen LogP) is 1.98. The van der Waals surface area contributed by atoms with Crippen LogP contribution in [0, 0.1) is 5.92 Å². The third-order valence-corrected chi connectivity index (χ3v) is 7.71. The molecule has 0 spiro atoms. The first-order valence-electron chi connectivity index (χ1n) is 10.3. The number of hydrogen-bond acceptors (Lipinski definition) is 5. The Morgan fingerprint density at radius 2 is 1.89 bits per heavy atom. The highest BCUT2D eigenvalue weighted by Crippen LogP contribution is 2.36. The summed E-state index contributed by atoms with van der Waals surface area (Å²) >= 11 is 2.43. The normalized spacial score (nSPS) is 37.4. The smallest absolute Gasteiger partial charge is 0.250 e. The minimum atomic E-state index is -2.51. The van der Waals surface area contributed by atoms with Gasteiger partial charge in [0.1, 0.15) is 0 Å². The van der Waals surface area contributed by atoms with Crippen molar-refractivity contribution in [3.63, 3.8) is 0 Å². The summed E-state index contributed by atoms with van der Waals surface area (Å²) in [7, 11) is 6.37. The van der Waals surface area contributed by atoms with Crippen molar-refractivity contribution >= 4 is 22.9 Å². The van der Waals surface area contributed by atoms with Crippen LogP contribution in [0.15, 0.2) is 0 Å². The Hall–Kier alpha value is 0.390. The zero-order chi connectivity index (χ0) is 19.6. The van der Waals surface area contributed by atoms with Crippen molar-refractivity contribution in [3.05, 3.63) is 0 Å². The Morgan fingerprint density at radius 3 is 2.67 bits per heavy atom. The molecule has 5 nitrogen and oxygen atoms in total. The Labute approximate surface area is 177 Å². The Balaban J connectivity index is 1.60. The maximum absolute atomic E-state index is 14.1. The highest BCUT2D eigenvalue weighted by atomic mass is 127. The minimum absolute atomic E-state index is 0.00124. The quantitative estimate of drug-likeness (QED) is 0.472. The van der Waals surface area contributed by atoms with E-state index in [1.54, 1.807) is 0 Å². The van der Waals surface area contributed by atoms with Crippen molar-refractivity contribution in [1.29, 1.82) is 0 Å². The molecule has 8 heteroatoms. The van der Waals surface area contributed by atoms with Crippen LogP contribution in [0.3, 0.4) is 0 Å². The number of nitrogens with one attached hydrogen (secondary N) is 1. The average Bonchev–Trinajstić information content (AvgIpc) is 2.81. The standard InChI is InChI=1S/C19H36F2IN5/c1-24-7-4-16(26(3)13-15-12-23-6-9-27(22)14-15)10-17(24)18-11-19(20,21)5-8-25(18)2/h15-18,23H,4-14H2,1-3H3. The topological polar surface area (TPSA) is 25.0 Å². The van der Waals surface area contributed by atoms with Crippen LogP contribution in [0.5, 0.6) is 0 Å². The molecule has 158 valence electrons. The zero-order valence-corrected chi connectivity index (χ0v) is 19.2. The van der Waals surface area contributed by atoms with Crippen molar-refractivity contribution in [2.75, 3.05) is 67.0 Å². The van der Waals surface area contributed by atoms with Gasteiger partial charge in [-0.1, -0.05) is 0 Å². The second-order valence-electron chi connectivity index (χ2n) is 8.96. The summed E-state index contributed by atoms with van der Waals surface area (Å²) in [6.07, 6.45) is 2.13. The Morgan fingerprint density at radius 1 is 1.15 bits per heavy atom. The summed E-state index contributed by atoms with van der Waals surface area (Å²) in [4.78, 5) is 7.00. The molecule has 0 aliphatic carbocycles. The van der Waals surface area contributed by atoms with Gasteiger partial charge in [-0.2, -0.15) is 0 Å². The van der Waals surface area contributed by atoms with Gasteiger partial charge < -0.3 is 20.0 Å². The van der Waals surface area contributed by atoms with E-state index in [0.717, 1.165) is 52.1 Å². The first-order valence-corrected chi connectivity index (χ1v) is 11.3. The van der Waals surface area contributed by atoms with E-state index in [-0.39, 0.29) is 24.9 Å². The van der Waals surface area contributed by atoms with E-state index < -0.39 is 5.92 Å². The van der Waals surface area contributed by atoms with Gasteiger partial charge in [-0.15, -0.1) is 0 Å². The molecule has 0 saturated carbocycles. The van der Waals surface area contributed by atoms with Gasteiger partial charge in [0.2, 0.25) is 0 Å². The largest absolute Gasteiger partial charge is 0.315 e. The lowest BCUT2D eigenvalue weighted by atomic mass is 9.85. The van der Waals surface area contributed by atoms with Crippen LogP contribution in [-0.4, -0.2) is 109 Å². The number of likely N-dealkylation sites (tertiary alicyclic amines) is 2. The average molecular weight is 499 g/mol. The van der Waals surface area contributed by atoms with Gasteiger partial charge >= 0.3 is 0 Å². The third kappa shape index (κ3) is 5.94. The SMILES string of the molecule is CN(CC1CNCCN(I)C1)C1CCN(C)C(C2CC(F)(F)CCN2C)C1. The molecule has 3 rings (SSSR count). The fourth-order valence-corrected chi connectivity index (χ4v) is 5.87. The Bertz CT molecular complexity index is 483. The lowest BCUT2D eigenvalue weighted by Gasteiger charge is -2.49. The van der Waals surface area contributed by atoms with E-state index in [0.29, 0.717) is 18.5 Å². The second kappa shape index (κ2) is 9.47. The molecular formula is C19H36F2IN5. The van der Waals surface area contributed by atoms with Crippen molar-refractivity contribution < 1.29 is 8.78 Å². The zero-order valence-electron chi connectivity index (χ0n) is 17.0. The van der Waals surface area contributed by atoms with E-state index in [2.05, 4.69) is 60.1 Å². The van der Waals surface area contributed by atoms with Gasteiger partial charge in [0.15, 0.2) is 0 Å². The molecule has 0 aromatic heterocycles.